The SMILES string of the molecule is Cc1c(C(=O)N2CCCC(Oc3ccccc3)C2)cnn1-c1nc2c(c(=O)[nH]1)CCC2. The van der Waals surface area contributed by atoms with Crippen LogP contribution in [0.15, 0.2) is 41.3 Å². The number of nitrogens with zero attached hydrogens (tertiary/aromatic N) is 4. The predicted molar refractivity (Wildman–Crippen MR) is 115 cm³/mol. The summed E-state index contributed by atoms with van der Waals surface area (Å²) in [5, 5.41) is 4.36. The molecule has 1 amide bonds. The first-order valence-corrected chi connectivity index (χ1v) is 10.8. The van der Waals surface area contributed by atoms with Gasteiger partial charge < -0.3 is 9.64 Å². The highest BCUT2D eigenvalue weighted by Crippen LogP contribution is 2.22. The molecule has 0 bridgehead atoms. The fourth-order valence-corrected chi connectivity index (χ4v) is 4.44. The van der Waals surface area contributed by atoms with E-state index in [0.717, 1.165) is 49.1 Å². The third kappa shape index (κ3) is 3.73. The summed E-state index contributed by atoms with van der Waals surface area (Å²) in [6.45, 7) is 3.05. The normalized spacial score (nSPS) is 18.1. The van der Waals surface area contributed by atoms with E-state index in [2.05, 4.69) is 15.1 Å². The van der Waals surface area contributed by atoms with Crippen LogP contribution in [0.25, 0.3) is 5.95 Å². The molecule has 3 aromatic rings. The lowest BCUT2D eigenvalue weighted by atomic mass is 10.1. The lowest BCUT2D eigenvalue weighted by molar-refractivity contribution is 0.0537. The molecule has 1 N–H and O–H groups in total. The number of aromatic amines is 1. The van der Waals surface area contributed by atoms with E-state index in [4.69, 9.17) is 4.74 Å². The van der Waals surface area contributed by atoms with Gasteiger partial charge in [-0.3, -0.25) is 14.6 Å². The minimum Gasteiger partial charge on any atom is -0.489 e. The summed E-state index contributed by atoms with van der Waals surface area (Å²) in [5.74, 6) is 1.11. The van der Waals surface area contributed by atoms with Crippen molar-refractivity contribution in [2.45, 2.75) is 45.1 Å². The van der Waals surface area contributed by atoms with Crippen LogP contribution in [0.5, 0.6) is 5.75 Å². The molecule has 0 spiro atoms. The Balaban J connectivity index is 1.35. The van der Waals surface area contributed by atoms with E-state index in [1.165, 1.54) is 0 Å². The summed E-state index contributed by atoms with van der Waals surface area (Å²) < 4.78 is 7.62. The minimum atomic E-state index is -0.114. The van der Waals surface area contributed by atoms with Gasteiger partial charge >= 0.3 is 0 Å². The summed E-state index contributed by atoms with van der Waals surface area (Å²) in [5.41, 5.74) is 2.67. The Kier molecular flexibility index (Phi) is 5.05. The number of aryl methyl sites for hydroxylation is 1. The molecule has 1 unspecified atom stereocenters. The van der Waals surface area contributed by atoms with Gasteiger partial charge in [-0.1, -0.05) is 18.2 Å². The summed E-state index contributed by atoms with van der Waals surface area (Å²) in [6.07, 6.45) is 5.83. The van der Waals surface area contributed by atoms with Crippen molar-refractivity contribution in [3.8, 4) is 11.7 Å². The van der Waals surface area contributed by atoms with Crippen LogP contribution in [0.4, 0.5) is 0 Å². The van der Waals surface area contributed by atoms with Crippen molar-refractivity contribution in [1.82, 2.24) is 24.6 Å². The van der Waals surface area contributed by atoms with Gasteiger partial charge in [-0.25, -0.2) is 9.67 Å². The molecule has 0 radical (unpaired) electrons. The van der Waals surface area contributed by atoms with Crippen LogP contribution in [0.1, 0.15) is 46.6 Å². The molecule has 3 heterocycles. The zero-order chi connectivity index (χ0) is 21.4. The molecule has 1 fully saturated rings. The number of benzene rings is 1. The molecule has 2 aliphatic rings. The first-order chi connectivity index (χ1) is 15.1. The number of amides is 1. The summed E-state index contributed by atoms with van der Waals surface area (Å²) in [4.78, 5) is 34.8. The zero-order valence-corrected chi connectivity index (χ0v) is 17.5. The number of ether oxygens (including phenoxy) is 1. The highest BCUT2D eigenvalue weighted by atomic mass is 16.5. The number of carbonyl (C=O) groups is 1. The molecular weight excluding hydrogens is 394 g/mol. The molecule has 1 aliphatic carbocycles. The number of para-hydroxylation sites is 1. The van der Waals surface area contributed by atoms with Crippen LogP contribution in [-0.2, 0) is 12.8 Å². The molecule has 0 saturated carbocycles. The molecule has 1 saturated heterocycles. The van der Waals surface area contributed by atoms with Crippen LogP contribution in [-0.4, -0.2) is 49.7 Å². The van der Waals surface area contributed by atoms with Crippen molar-refractivity contribution in [2.75, 3.05) is 13.1 Å². The molecule has 5 rings (SSSR count). The molecule has 1 aromatic carbocycles. The number of fused-ring (bicyclic) bond motifs is 1. The number of carbonyl (C=O) groups excluding carboxylic acids is 1. The van der Waals surface area contributed by atoms with Crippen LogP contribution in [0.2, 0.25) is 0 Å². The number of hydrogen-bond donors (Lipinski definition) is 1. The number of piperidine rings is 1. The molecule has 1 aliphatic heterocycles. The fourth-order valence-electron chi connectivity index (χ4n) is 4.44. The van der Waals surface area contributed by atoms with E-state index in [1.54, 1.807) is 10.9 Å². The average Bonchev–Trinajstić information content (AvgIpc) is 3.41. The van der Waals surface area contributed by atoms with Crippen LogP contribution < -0.4 is 10.3 Å². The average molecular weight is 419 g/mol. The molecule has 8 nitrogen and oxygen atoms in total. The van der Waals surface area contributed by atoms with Gasteiger partial charge in [0.05, 0.1) is 29.7 Å². The van der Waals surface area contributed by atoms with Crippen molar-refractivity contribution in [3.63, 3.8) is 0 Å². The summed E-state index contributed by atoms with van der Waals surface area (Å²) in [6, 6.07) is 9.69. The lowest BCUT2D eigenvalue weighted by Crippen LogP contribution is -2.44. The van der Waals surface area contributed by atoms with Gasteiger partial charge in [0, 0.05) is 12.1 Å². The number of nitrogens with one attached hydrogen (secondary N) is 1. The van der Waals surface area contributed by atoms with E-state index in [-0.39, 0.29) is 17.6 Å². The van der Waals surface area contributed by atoms with Crippen molar-refractivity contribution in [2.24, 2.45) is 0 Å². The third-order valence-electron chi connectivity index (χ3n) is 6.08. The van der Waals surface area contributed by atoms with E-state index in [9.17, 15) is 9.59 Å². The number of likely N-dealkylation sites (tertiary alicyclic amines) is 1. The lowest BCUT2D eigenvalue weighted by Gasteiger charge is -2.32. The highest BCUT2D eigenvalue weighted by molar-refractivity contribution is 5.95. The Morgan fingerprint density at radius 3 is 2.87 bits per heavy atom. The fraction of sp³-hybridized carbons (Fsp3) is 0.391. The first-order valence-electron chi connectivity index (χ1n) is 10.8. The Morgan fingerprint density at radius 2 is 2.03 bits per heavy atom. The largest absolute Gasteiger partial charge is 0.489 e. The molecular formula is C23H25N5O3. The van der Waals surface area contributed by atoms with Crippen molar-refractivity contribution in [1.29, 1.82) is 0 Å². The third-order valence-corrected chi connectivity index (χ3v) is 6.08. The van der Waals surface area contributed by atoms with Gasteiger partial charge in [-0.15, -0.1) is 0 Å². The second kappa shape index (κ2) is 8.02. The standard InChI is InChI=1S/C23H25N5O3/c1-15-19(13-24-28(15)23-25-20-11-5-10-18(20)21(29)26-23)22(30)27-12-6-9-17(14-27)31-16-7-3-2-4-8-16/h2-4,7-8,13,17H,5-6,9-12,14H2,1H3,(H,25,26,29). The Bertz CT molecular complexity index is 1170. The van der Waals surface area contributed by atoms with E-state index in [1.807, 2.05) is 42.2 Å². The zero-order valence-electron chi connectivity index (χ0n) is 17.5. The summed E-state index contributed by atoms with van der Waals surface area (Å²) >= 11 is 0. The molecule has 2 aromatic heterocycles. The Labute approximate surface area is 179 Å². The van der Waals surface area contributed by atoms with Crippen LogP contribution >= 0.6 is 0 Å². The van der Waals surface area contributed by atoms with Gasteiger partial charge in [-0.2, -0.15) is 5.10 Å². The quantitative estimate of drug-likeness (QED) is 0.701. The highest BCUT2D eigenvalue weighted by Gasteiger charge is 2.28. The second-order valence-electron chi connectivity index (χ2n) is 8.17. The maximum absolute atomic E-state index is 13.2. The smallest absolute Gasteiger partial charge is 0.257 e. The van der Waals surface area contributed by atoms with Crippen molar-refractivity contribution < 1.29 is 9.53 Å². The Morgan fingerprint density at radius 1 is 1.19 bits per heavy atom. The minimum absolute atomic E-state index is 0.0369. The maximum atomic E-state index is 13.2. The number of H-pyrrole nitrogens is 1. The van der Waals surface area contributed by atoms with E-state index >= 15 is 0 Å². The topological polar surface area (TPSA) is 93.1 Å². The van der Waals surface area contributed by atoms with E-state index in [0.29, 0.717) is 30.3 Å². The second-order valence-corrected chi connectivity index (χ2v) is 8.17. The predicted octanol–water partition coefficient (Wildman–Crippen LogP) is 2.44. The van der Waals surface area contributed by atoms with Crippen LogP contribution in [0.3, 0.4) is 0 Å². The molecule has 8 heteroatoms. The van der Waals surface area contributed by atoms with Gasteiger partial charge in [0.15, 0.2) is 0 Å². The maximum Gasteiger partial charge on any atom is 0.257 e. The number of rotatable bonds is 4. The molecule has 160 valence electrons. The van der Waals surface area contributed by atoms with Gasteiger partial charge in [-0.05, 0) is 51.2 Å². The number of hydrogen-bond acceptors (Lipinski definition) is 5. The molecule has 31 heavy (non-hydrogen) atoms. The van der Waals surface area contributed by atoms with Gasteiger partial charge in [0.1, 0.15) is 11.9 Å². The van der Waals surface area contributed by atoms with Crippen molar-refractivity contribution in [3.05, 3.63) is 69.4 Å². The number of aromatic nitrogens is 4. The monoisotopic (exact) mass is 419 g/mol. The first kappa shape index (κ1) is 19.5. The van der Waals surface area contributed by atoms with E-state index < -0.39 is 0 Å². The Hall–Kier alpha value is -3.42. The summed E-state index contributed by atoms with van der Waals surface area (Å²) in [7, 11) is 0. The van der Waals surface area contributed by atoms with Crippen molar-refractivity contribution >= 4 is 5.91 Å². The van der Waals surface area contributed by atoms with Gasteiger partial charge in [0.25, 0.3) is 11.5 Å². The van der Waals surface area contributed by atoms with Crippen LogP contribution in [0, 0.1) is 6.92 Å². The molecule has 1 atom stereocenters. The van der Waals surface area contributed by atoms with Gasteiger partial charge in [0.2, 0.25) is 5.95 Å².